The van der Waals surface area contributed by atoms with Crippen LogP contribution in [0.4, 0.5) is 5.69 Å². The van der Waals surface area contributed by atoms with Gasteiger partial charge >= 0.3 is 5.97 Å². The van der Waals surface area contributed by atoms with Crippen LogP contribution in [0, 0.1) is 10.1 Å². The maximum absolute atomic E-state index is 11.1. The molecule has 6 heteroatoms. The molecule has 0 atom stereocenters. The second-order valence-corrected chi connectivity index (χ2v) is 4.52. The van der Waals surface area contributed by atoms with Gasteiger partial charge < -0.3 is 9.67 Å². The van der Waals surface area contributed by atoms with Gasteiger partial charge in [-0.25, -0.2) is 0 Å². The summed E-state index contributed by atoms with van der Waals surface area (Å²) in [7, 11) is 1.71. The van der Waals surface area contributed by atoms with Gasteiger partial charge in [0.2, 0.25) is 0 Å². The molecule has 0 aliphatic heterocycles. The lowest BCUT2D eigenvalue weighted by atomic mass is 10.0. The molecule has 0 fully saturated rings. The molecule has 6 nitrogen and oxygen atoms in total. The van der Waals surface area contributed by atoms with Crippen molar-refractivity contribution in [2.45, 2.75) is 12.8 Å². The Balaban J connectivity index is 2.71. The van der Waals surface area contributed by atoms with Crippen molar-refractivity contribution < 1.29 is 14.8 Å². The van der Waals surface area contributed by atoms with E-state index in [1.54, 1.807) is 30.0 Å². The molecule has 1 aromatic carbocycles. The van der Waals surface area contributed by atoms with Crippen molar-refractivity contribution in [2.24, 2.45) is 7.05 Å². The number of nitrogens with zero attached hydrogens (tertiary/aromatic N) is 2. The Labute approximate surface area is 115 Å². The van der Waals surface area contributed by atoms with Crippen LogP contribution < -0.4 is 0 Å². The predicted octanol–water partition coefficient (Wildman–Crippen LogP) is 2.75. The molecule has 0 amide bonds. The fourth-order valence-electron chi connectivity index (χ4n) is 2.40. The minimum absolute atomic E-state index is 0.00896. The summed E-state index contributed by atoms with van der Waals surface area (Å²) in [6.07, 6.45) is 3.68. The van der Waals surface area contributed by atoms with Gasteiger partial charge in [0.05, 0.1) is 4.92 Å². The highest BCUT2D eigenvalue weighted by molar-refractivity contribution is 5.97. The third-order valence-corrected chi connectivity index (χ3v) is 3.24. The summed E-state index contributed by atoms with van der Waals surface area (Å²) in [5, 5.41) is 20.6. The Kier molecular flexibility index (Phi) is 3.56. The number of aliphatic carboxylic acids is 1. The Morgan fingerprint density at radius 3 is 2.80 bits per heavy atom. The topological polar surface area (TPSA) is 85.4 Å². The Morgan fingerprint density at radius 1 is 1.55 bits per heavy atom. The Bertz CT molecular complexity index is 716. The third kappa shape index (κ3) is 2.27. The quantitative estimate of drug-likeness (QED) is 0.671. The van der Waals surface area contributed by atoms with Gasteiger partial charge in [0.1, 0.15) is 5.52 Å². The second-order valence-electron chi connectivity index (χ2n) is 4.52. The lowest BCUT2D eigenvalue weighted by Crippen LogP contribution is -1.97. The van der Waals surface area contributed by atoms with Crippen molar-refractivity contribution in [1.29, 1.82) is 0 Å². The van der Waals surface area contributed by atoms with Gasteiger partial charge in [-0.3, -0.25) is 14.9 Å². The normalized spacial score (nSPS) is 10.7. The van der Waals surface area contributed by atoms with Crippen LogP contribution in [0.15, 0.2) is 24.9 Å². The van der Waals surface area contributed by atoms with Crippen molar-refractivity contribution in [3.8, 4) is 0 Å². The summed E-state index contributed by atoms with van der Waals surface area (Å²) in [5.41, 5.74) is 2.05. The summed E-state index contributed by atoms with van der Waals surface area (Å²) in [6.45, 7) is 3.71. The number of carbonyl (C=O) groups is 1. The van der Waals surface area contributed by atoms with Crippen molar-refractivity contribution >= 4 is 28.6 Å². The molecule has 0 unspecified atom stereocenters. The van der Waals surface area contributed by atoms with E-state index in [1.807, 2.05) is 0 Å². The largest absolute Gasteiger partial charge is 0.481 e. The number of aryl methyl sites for hydroxylation is 2. The number of nitro benzene ring substituents is 1. The molecular weight excluding hydrogens is 260 g/mol. The molecule has 104 valence electrons. The zero-order valence-corrected chi connectivity index (χ0v) is 11.0. The molecule has 1 heterocycles. The number of rotatable bonds is 5. The number of aromatic nitrogens is 1. The lowest BCUT2D eigenvalue weighted by molar-refractivity contribution is -0.383. The van der Waals surface area contributed by atoms with Gasteiger partial charge in [0, 0.05) is 31.1 Å². The van der Waals surface area contributed by atoms with Crippen LogP contribution in [0.2, 0.25) is 0 Å². The minimum atomic E-state index is -0.896. The molecule has 0 aliphatic carbocycles. The maximum Gasteiger partial charge on any atom is 0.303 e. The third-order valence-electron chi connectivity index (χ3n) is 3.24. The molecule has 2 rings (SSSR count). The van der Waals surface area contributed by atoms with Crippen molar-refractivity contribution in [3.05, 3.63) is 46.1 Å². The number of nitro groups is 1. The van der Waals surface area contributed by atoms with Crippen LogP contribution >= 0.6 is 0 Å². The Hall–Kier alpha value is -2.63. The highest BCUT2D eigenvalue weighted by Gasteiger charge is 2.20. The lowest BCUT2D eigenvalue weighted by Gasteiger charge is -2.03. The zero-order chi connectivity index (χ0) is 14.9. The van der Waals surface area contributed by atoms with Gasteiger partial charge in [-0.1, -0.05) is 12.7 Å². The number of fused-ring (bicyclic) bond motifs is 1. The smallest absolute Gasteiger partial charge is 0.303 e. The predicted molar refractivity (Wildman–Crippen MR) is 75.6 cm³/mol. The van der Waals surface area contributed by atoms with Gasteiger partial charge in [0.15, 0.2) is 0 Å². The van der Waals surface area contributed by atoms with E-state index in [2.05, 4.69) is 6.58 Å². The molecule has 0 saturated carbocycles. The molecule has 20 heavy (non-hydrogen) atoms. The van der Waals surface area contributed by atoms with Crippen LogP contribution in [0.3, 0.4) is 0 Å². The van der Waals surface area contributed by atoms with Gasteiger partial charge in [-0.15, -0.1) is 0 Å². The number of carboxylic acids is 1. The molecular formula is C14H14N2O4. The first-order valence-corrected chi connectivity index (χ1v) is 6.05. The van der Waals surface area contributed by atoms with E-state index >= 15 is 0 Å². The standard InChI is InChI=1S/C14H14N2O4/c1-3-9-4-6-11(16(19)20)14-13(9)10(8-15(14)2)5-7-12(17)18/h3-4,6,8H,1,5,7H2,2H3,(H,17,18). The van der Waals surface area contributed by atoms with Gasteiger partial charge in [0.25, 0.3) is 5.69 Å². The van der Waals surface area contributed by atoms with Crippen LogP contribution in [0.5, 0.6) is 0 Å². The number of hydrogen-bond acceptors (Lipinski definition) is 3. The second kappa shape index (κ2) is 5.16. The van der Waals surface area contributed by atoms with Crippen LogP contribution in [0.1, 0.15) is 17.5 Å². The summed E-state index contributed by atoms with van der Waals surface area (Å²) in [4.78, 5) is 21.4. The molecule has 1 N–H and O–H groups in total. The van der Waals surface area contributed by atoms with E-state index in [9.17, 15) is 14.9 Å². The SMILES string of the molecule is C=Cc1ccc([N+](=O)[O-])c2c1c(CCC(=O)O)cn2C. The maximum atomic E-state index is 11.1. The van der Waals surface area contributed by atoms with Crippen molar-refractivity contribution in [1.82, 2.24) is 4.57 Å². The number of non-ortho nitro benzene ring substituents is 1. The van der Waals surface area contributed by atoms with E-state index in [-0.39, 0.29) is 12.1 Å². The van der Waals surface area contributed by atoms with Gasteiger partial charge in [-0.2, -0.15) is 0 Å². The molecule has 1 aromatic heterocycles. The van der Waals surface area contributed by atoms with E-state index in [1.165, 1.54) is 6.07 Å². The van der Waals surface area contributed by atoms with Crippen molar-refractivity contribution in [2.75, 3.05) is 0 Å². The fraction of sp³-hybridized carbons (Fsp3) is 0.214. The molecule has 0 radical (unpaired) electrons. The van der Waals surface area contributed by atoms with E-state index in [0.29, 0.717) is 17.3 Å². The van der Waals surface area contributed by atoms with E-state index in [0.717, 1.165) is 11.1 Å². The van der Waals surface area contributed by atoms with Crippen LogP contribution in [-0.2, 0) is 18.3 Å². The summed E-state index contributed by atoms with van der Waals surface area (Å²) in [6, 6.07) is 3.08. The average Bonchev–Trinajstić information content (AvgIpc) is 2.73. The first-order chi connectivity index (χ1) is 9.45. The monoisotopic (exact) mass is 274 g/mol. The van der Waals surface area contributed by atoms with E-state index in [4.69, 9.17) is 5.11 Å². The summed E-state index contributed by atoms with van der Waals surface area (Å²) < 4.78 is 1.66. The van der Waals surface area contributed by atoms with Crippen molar-refractivity contribution in [3.63, 3.8) is 0 Å². The first kappa shape index (κ1) is 13.8. The van der Waals surface area contributed by atoms with E-state index < -0.39 is 10.9 Å². The van der Waals surface area contributed by atoms with Crippen LogP contribution in [0.25, 0.3) is 17.0 Å². The number of benzene rings is 1. The zero-order valence-electron chi connectivity index (χ0n) is 11.0. The highest BCUT2D eigenvalue weighted by Crippen LogP contribution is 2.33. The van der Waals surface area contributed by atoms with Crippen LogP contribution in [-0.4, -0.2) is 20.6 Å². The number of carboxylic acid groups (broad SMARTS) is 1. The average molecular weight is 274 g/mol. The molecule has 2 aromatic rings. The minimum Gasteiger partial charge on any atom is -0.481 e. The van der Waals surface area contributed by atoms with Gasteiger partial charge in [-0.05, 0) is 23.6 Å². The summed E-state index contributed by atoms with van der Waals surface area (Å²) >= 11 is 0. The molecule has 0 spiro atoms. The summed E-state index contributed by atoms with van der Waals surface area (Å²) in [5.74, 6) is -0.896. The number of hydrogen-bond donors (Lipinski definition) is 1. The first-order valence-electron chi connectivity index (χ1n) is 6.05. The molecule has 0 aliphatic rings. The fourth-order valence-corrected chi connectivity index (χ4v) is 2.40. The molecule has 0 bridgehead atoms. The Morgan fingerprint density at radius 2 is 2.25 bits per heavy atom. The molecule has 0 saturated heterocycles. The highest BCUT2D eigenvalue weighted by atomic mass is 16.6.